The average Bonchev–Trinajstić information content (AvgIpc) is 2.97. The minimum absolute atomic E-state index is 0.135. The van der Waals surface area contributed by atoms with E-state index >= 15 is 0 Å². The second-order valence-electron chi connectivity index (χ2n) is 3.94. The fraction of sp³-hybridized carbons (Fsp3) is 0.364. The summed E-state index contributed by atoms with van der Waals surface area (Å²) in [5.74, 6) is -3.05. The van der Waals surface area contributed by atoms with Crippen LogP contribution >= 0.6 is 0 Å². The lowest BCUT2D eigenvalue weighted by Crippen LogP contribution is -2.30. The number of halogens is 4. The van der Waals surface area contributed by atoms with E-state index in [9.17, 15) is 22.4 Å². The molecule has 0 radical (unpaired) electrons. The van der Waals surface area contributed by atoms with Gasteiger partial charge in [0, 0.05) is 6.04 Å². The van der Waals surface area contributed by atoms with Crippen LogP contribution in [0.1, 0.15) is 16.8 Å². The predicted octanol–water partition coefficient (Wildman–Crippen LogP) is 2.51. The highest BCUT2D eigenvalue weighted by Gasteiger charge is 2.56. The van der Waals surface area contributed by atoms with Gasteiger partial charge in [0.2, 0.25) is 0 Å². The zero-order valence-corrected chi connectivity index (χ0v) is 8.59. The fourth-order valence-electron chi connectivity index (χ4n) is 1.61. The summed E-state index contributed by atoms with van der Waals surface area (Å²) >= 11 is 0. The molecule has 1 aliphatic carbocycles. The molecule has 2 unspecified atom stereocenters. The quantitative estimate of drug-likeness (QED) is 0.799. The zero-order valence-electron chi connectivity index (χ0n) is 8.59. The summed E-state index contributed by atoms with van der Waals surface area (Å²) in [4.78, 5) is 11.5. The molecule has 0 saturated heterocycles. The molecule has 1 N–H and O–H groups in total. The number of nitrogens with one attached hydrogen (secondary N) is 1. The number of hydrogen-bond donors (Lipinski definition) is 1. The van der Waals surface area contributed by atoms with Crippen molar-refractivity contribution in [2.75, 3.05) is 0 Å². The Morgan fingerprint density at radius 3 is 2.47 bits per heavy atom. The Morgan fingerprint density at radius 2 is 1.94 bits per heavy atom. The molecule has 1 fully saturated rings. The van der Waals surface area contributed by atoms with Gasteiger partial charge in [0.1, 0.15) is 5.82 Å². The van der Waals surface area contributed by atoms with Crippen LogP contribution in [-0.2, 0) is 0 Å². The molecule has 0 aromatic heterocycles. The lowest BCUT2D eigenvalue weighted by atomic mass is 10.2. The standard InChI is InChI=1S/C11H9F4NO/c12-8-4-2-1-3-6(8)10(17)16-9-5-7(9)11(13,14)15/h1-4,7,9H,5H2,(H,16,17). The second kappa shape index (κ2) is 4.01. The maximum Gasteiger partial charge on any atom is 0.393 e. The van der Waals surface area contributed by atoms with Gasteiger partial charge in [-0.25, -0.2) is 4.39 Å². The summed E-state index contributed by atoms with van der Waals surface area (Å²) in [6.45, 7) is 0. The number of alkyl halides is 3. The van der Waals surface area contributed by atoms with E-state index < -0.39 is 29.9 Å². The molecule has 1 aromatic rings. The van der Waals surface area contributed by atoms with E-state index in [0.29, 0.717) is 0 Å². The van der Waals surface area contributed by atoms with Crippen molar-refractivity contribution >= 4 is 5.91 Å². The van der Waals surface area contributed by atoms with Crippen LogP contribution in [0.25, 0.3) is 0 Å². The Bertz CT molecular complexity index is 443. The van der Waals surface area contributed by atoms with Crippen molar-refractivity contribution in [3.63, 3.8) is 0 Å². The van der Waals surface area contributed by atoms with Gasteiger partial charge >= 0.3 is 6.18 Å². The molecular formula is C11H9F4NO. The molecule has 6 heteroatoms. The Balaban J connectivity index is 1.99. The first-order chi connectivity index (χ1) is 7.89. The SMILES string of the molecule is O=C(NC1CC1C(F)(F)F)c1ccccc1F. The number of benzene rings is 1. The lowest BCUT2D eigenvalue weighted by Gasteiger charge is -2.07. The molecule has 0 bridgehead atoms. The van der Waals surface area contributed by atoms with E-state index in [1.807, 2.05) is 0 Å². The van der Waals surface area contributed by atoms with Crippen molar-refractivity contribution in [1.82, 2.24) is 5.32 Å². The third-order valence-corrected chi connectivity index (χ3v) is 2.65. The number of carbonyl (C=O) groups is 1. The van der Waals surface area contributed by atoms with Gasteiger partial charge in [-0.3, -0.25) is 4.79 Å². The third kappa shape index (κ3) is 2.57. The maximum absolute atomic E-state index is 13.2. The smallest absolute Gasteiger partial charge is 0.349 e. The van der Waals surface area contributed by atoms with E-state index in [4.69, 9.17) is 0 Å². The van der Waals surface area contributed by atoms with Crippen molar-refractivity contribution in [1.29, 1.82) is 0 Å². The average molecular weight is 247 g/mol. The molecule has 17 heavy (non-hydrogen) atoms. The Hall–Kier alpha value is -1.59. The third-order valence-electron chi connectivity index (χ3n) is 2.65. The lowest BCUT2D eigenvalue weighted by molar-refractivity contribution is -0.148. The van der Waals surface area contributed by atoms with E-state index in [1.54, 1.807) is 0 Å². The van der Waals surface area contributed by atoms with Gasteiger partial charge in [-0.05, 0) is 18.6 Å². The van der Waals surface area contributed by atoms with Crippen molar-refractivity contribution < 1.29 is 22.4 Å². The first-order valence-electron chi connectivity index (χ1n) is 5.01. The number of carbonyl (C=O) groups excluding carboxylic acids is 1. The van der Waals surface area contributed by atoms with Crippen LogP contribution < -0.4 is 5.32 Å². The Morgan fingerprint density at radius 1 is 1.29 bits per heavy atom. The van der Waals surface area contributed by atoms with Gasteiger partial charge in [-0.15, -0.1) is 0 Å². The monoisotopic (exact) mass is 247 g/mol. The van der Waals surface area contributed by atoms with Crippen molar-refractivity contribution in [2.45, 2.75) is 18.6 Å². The molecule has 92 valence electrons. The molecule has 1 aliphatic rings. The highest BCUT2D eigenvalue weighted by molar-refractivity contribution is 5.94. The molecule has 2 atom stereocenters. The van der Waals surface area contributed by atoms with Crippen LogP contribution in [0, 0.1) is 11.7 Å². The fourth-order valence-corrected chi connectivity index (χ4v) is 1.61. The molecule has 2 nitrogen and oxygen atoms in total. The normalized spacial score (nSPS) is 23.3. The van der Waals surface area contributed by atoms with Crippen molar-refractivity contribution in [3.8, 4) is 0 Å². The summed E-state index contributed by atoms with van der Waals surface area (Å²) in [6.07, 6.45) is -4.43. The number of hydrogen-bond acceptors (Lipinski definition) is 1. The maximum atomic E-state index is 13.2. The van der Waals surface area contributed by atoms with E-state index in [2.05, 4.69) is 5.32 Å². The zero-order chi connectivity index (χ0) is 12.6. The molecule has 0 heterocycles. The van der Waals surface area contributed by atoms with E-state index in [0.717, 1.165) is 6.07 Å². The molecule has 0 aliphatic heterocycles. The Kier molecular flexibility index (Phi) is 2.81. The second-order valence-corrected chi connectivity index (χ2v) is 3.94. The van der Waals surface area contributed by atoms with E-state index in [-0.39, 0.29) is 12.0 Å². The summed E-state index contributed by atoms with van der Waals surface area (Å²) in [6, 6.07) is 4.24. The van der Waals surface area contributed by atoms with Crippen LogP contribution in [0.4, 0.5) is 17.6 Å². The van der Waals surface area contributed by atoms with Crippen LogP contribution in [0.5, 0.6) is 0 Å². The summed E-state index contributed by atoms with van der Waals surface area (Å²) in [5, 5.41) is 2.17. The van der Waals surface area contributed by atoms with Crippen LogP contribution in [0.15, 0.2) is 24.3 Å². The van der Waals surface area contributed by atoms with Gasteiger partial charge in [0.15, 0.2) is 0 Å². The summed E-state index contributed by atoms with van der Waals surface area (Å²) < 4.78 is 49.8. The van der Waals surface area contributed by atoms with Crippen molar-refractivity contribution in [2.24, 2.45) is 5.92 Å². The van der Waals surface area contributed by atoms with Gasteiger partial charge in [-0.1, -0.05) is 12.1 Å². The molecule has 0 spiro atoms. The van der Waals surface area contributed by atoms with Gasteiger partial charge < -0.3 is 5.32 Å². The van der Waals surface area contributed by atoms with Crippen LogP contribution in [-0.4, -0.2) is 18.1 Å². The number of rotatable bonds is 2. The molecule has 2 rings (SSSR count). The number of amides is 1. The topological polar surface area (TPSA) is 29.1 Å². The first kappa shape index (κ1) is 11.9. The van der Waals surface area contributed by atoms with Crippen molar-refractivity contribution in [3.05, 3.63) is 35.6 Å². The minimum atomic E-state index is -4.30. The van der Waals surface area contributed by atoms with Crippen LogP contribution in [0.2, 0.25) is 0 Å². The largest absolute Gasteiger partial charge is 0.393 e. The Labute approximate surface area is 94.6 Å². The summed E-state index contributed by atoms with van der Waals surface area (Å²) in [5.41, 5.74) is -0.236. The summed E-state index contributed by atoms with van der Waals surface area (Å²) in [7, 11) is 0. The highest BCUT2D eigenvalue weighted by Crippen LogP contribution is 2.44. The predicted molar refractivity (Wildman–Crippen MR) is 51.8 cm³/mol. The first-order valence-corrected chi connectivity index (χ1v) is 5.01. The van der Waals surface area contributed by atoms with Gasteiger partial charge in [-0.2, -0.15) is 13.2 Å². The molecule has 1 saturated carbocycles. The van der Waals surface area contributed by atoms with Crippen LogP contribution in [0.3, 0.4) is 0 Å². The highest BCUT2D eigenvalue weighted by atomic mass is 19.4. The molecule has 1 aromatic carbocycles. The molecule has 1 amide bonds. The molecular weight excluding hydrogens is 238 g/mol. The van der Waals surface area contributed by atoms with E-state index in [1.165, 1.54) is 18.2 Å². The van der Waals surface area contributed by atoms with Gasteiger partial charge in [0.05, 0.1) is 11.5 Å². The van der Waals surface area contributed by atoms with Gasteiger partial charge in [0.25, 0.3) is 5.91 Å². The minimum Gasteiger partial charge on any atom is -0.349 e.